The van der Waals surface area contributed by atoms with E-state index in [1.54, 1.807) is 18.2 Å². The molecule has 0 atom stereocenters. The Kier molecular flexibility index (Phi) is 3.19. The van der Waals surface area contributed by atoms with Gasteiger partial charge < -0.3 is 15.2 Å². The van der Waals surface area contributed by atoms with Crippen molar-refractivity contribution in [1.82, 2.24) is 20.5 Å². The molecular formula is C17H14N4O3. The van der Waals surface area contributed by atoms with E-state index in [4.69, 9.17) is 0 Å². The largest absolute Gasteiger partial charge is 0.468 e. The van der Waals surface area contributed by atoms with Crippen LogP contribution in [-0.4, -0.2) is 40.7 Å². The molecule has 2 heterocycles. The number of carbonyl (C=O) groups excluding carboxylic acids is 2. The van der Waals surface area contributed by atoms with Gasteiger partial charge in [0.2, 0.25) is 0 Å². The van der Waals surface area contributed by atoms with Crippen LogP contribution in [0.25, 0.3) is 32.7 Å². The average molecular weight is 322 g/mol. The fraction of sp³-hybridized carbons (Fsp3) is 0.118. The van der Waals surface area contributed by atoms with E-state index in [0.29, 0.717) is 5.56 Å². The summed E-state index contributed by atoms with van der Waals surface area (Å²) in [5.74, 6) is -0.818. The number of aromatic nitrogens is 3. The van der Waals surface area contributed by atoms with Crippen molar-refractivity contribution >= 4 is 44.6 Å². The number of amides is 1. The third kappa shape index (κ3) is 2.18. The number of fused-ring (bicyclic) bond motifs is 5. The van der Waals surface area contributed by atoms with Crippen LogP contribution in [0.3, 0.4) is 0 Å². The summed E-state index contributed by atoms with van der Waals surface area (Å²) in [7, 11) is 1.28. The molecule has 2 aromatic heterocycles. The van der Waals surface area contributed by atoms with Crippen LogP contribution in [0.15, 0.2) is 36.5 Å². The van der Waals surface area contributed by atoms with Gasteiger partial charge in [0, 0.05) is 27.9 Å². The highest BCUT2D eigenvalue weighted by molar-refractivity contribution is 6.16. The molecule has 2 aromatic carbocycles. The van der Waals surface area contributed by atoms with E-state index in [1.807, 2.05) is 18.3 Å². The predicted molar refractivity (Wildman–Crippen MR) is 89.8 cm³/mol. The summed E-state index contributed by atoms with van der Waals surface area (Å²) in [5, 5.41) is 11.5. The molecule has 120 valence electrons. The van der Waals surface area contributed by atoms with Crippen molar-refractivity contribution in [2.75, 3.05) is 13.7 Å². The van der Waals surface area contributed by atoms with Crippen LogP contribution in [0, 0.1) is 0 Å². The Morgan fingerprint density at radius 2 is 2.08 bits per heavy atom. The van der Waals surface area contributed by atoms with E-state index in [-0.39, 0.29) is 12.5 Å². The lowest BCUT2D eigenvalue weighted by Crippen LogP contribution is -2.30. The van der Waals surface area contributed by atoms with Crippen LogP contribution in [-0.2, 0) is 9.53 Å². The quantitative estimate of drug-likeness (QED) is 0.503. The van der Waals surface area contributed by atoms with Crippen LogP contribution in [0.2, 0.25) is 0 Å². The van der Waals surface area contributed by atoms with Gasteiger partial charge in [-0.2, -0.15) is 0 Å². The molecule has 1 amide bonds. The second-order valence-electron chi connectivity index (χ2n) is 5.44. The number of rotatable bonds is 3. The first kappa shape index (κ1) is 14.3. The van der Waals surface area contributed by atoms with Gasteiger partial charge in [0.25, 0.3) is 5.91 Å². The summed E-state index contributed by atoms with van der Waals surface area (Å²) in [5.41, 5.74) is 3.08. The minimum absolute atomic E-state index is 0.160. The molecule has 7 heteroatoms. The Morgan fingerprint density at radius 1 is 1.21 bits per heavy atom. The molecule has 7 nitrogen and oxygen atoms in total. The molecule has 0 unspecified atom stereocenters. The topological polar surface area (TPSA) is 99.9 Å². The number of hydrogen-bond donors (Lipinski definition) is 3. The first-order valence-electron chi connectivity index (χ1n) is 7.40. The second kappa shape index (κ2) is 5.38. The number of carbonyl (C=O) groups is 2. The van der Waals surface area contributed by atoms with Crippen molar-refractivity contribution in [3.05, 3.63) is 42.1 Å². The first-order chi connectivity index (χ1) is 11.7. The Morgan fingerprint density at radius 3 is 2.92 bits per heavy atom. The van der Waals surface area contributed by atoms with Gasteiger partial charge in [0.15, 0.2) is 0 Å². The standard InChI is InChI=1S/C17H14N4O3/c1-24-14(22)8-18-17(23)9-3-5-13-12(6-9)11-4-2-10-7-19-21-15(10)16(11)20-13/h2-7,19,21H,8H2,1H3,(H,18,23). The molecule has 4 aromatic rings. The van der Waals surface area contributed by atoms with Crippen LogP contribution in [0.5, 0.6) is 0 Å². The van der Waals surface area contributed by atoms with Gasteiger partial charge in [-0.15, -0.1) is 0 Å². The van der Waals surface area contributed by atoms with Crippen LogP contribution in [0.4, 0.5) is 0 Å². The summed E-state index contributed by atoms with van der Waals surface area (Å²) in [6, 6.07) is 9.27. The average Bonchev–Trinajstić information content (AvgIpc) is 3.22. The SMILES string of the molecule is COC(=O)CNC(=O)c1ccc2nc3c(ccc4c[nH][nH]c43)c2c1. The Balaban J connectivity index is 1.78. The maximum atomic E-state index is 12.2. The third-order valence-electron chi connectivity index (χ3n) is 4.04. The van der Waals surface area contributed by atoms with E-state index >= 15 is 0 Å². The Hall–Kier alpha value is -3.35. The number of nitrogens with zero attached hydrogens (tertiary/aromatic N) is 1. The summed E-state index contributed by atoms with van der Waals surface area (Å²) in [6.07, 6.45) is 1.87. The lowest BCUT2D eigenvalue weighted by molar-refractivity contribution is -0.139. The molecule has 0 saturated heterocycles. The minimum Gasteiger partial charge on any atom is -0.468 e. The molecule has 0 aliphatic rings. The van der Waals surface area contributed by atoms with E-state index in [1.165, 1.54) is 7.11 Å². The van der Waals surface area contributed by atoms with Gasteiger partial charge in [-0.1, -0.05) is 12.1 Å². The summed E-state index contributed by atoms with van der Waals surface area (Å²) in [4.78, 5) is 28.0. The molecule has 0 aliphatic carbocycles. The molecule has 0 fully saturated rings. The Labute approximate surface area is 136 Å². The van der Waals surface area contributed by atoms with Crippen LogP contribution < -0.4 is 5.32 Å². The molecule has 3 N–H and O–H groups in total. The van der Waals surface area contributed by atoms with Crippen LogP contribution in [0.1, 0.15) is 10.4 Å². The van der Waals surface area contributed by atoms with Gasteiger partial charge in [-0.25, -0.2) is 4.98 Å². The van der Waals surface area contributed by atoms with Gasteiger partial charge in [-0.05, 0) is 18.2 Å². The molecule has 4 rings (SSSR count). The van der Waals surface area contributed by atoms with E-state index in [0.717, 1.165) is 32.7 Å². The molecular weight excluding hydrogens is 308 g/mol. The van der Waals surface area contributed by atoms with E-state index in [9.17, 15) is 9.59 Å². The van der Waals surface area contributed by atoms with Crippen molar-refractivity contribution in [1.29, 1.82) is 0 Å². The number of aromatic amines is 2. The maximum absolute atomic E-state index is 12.2. The van der Waals surface area contributed by atoms with Gasteiger partial charge in [-0.3, -0.25) is 14.7 Å². The third-order valence-corrected chi connectivity index (χ3v) is 4.04. The molecule has 0 aliphatic heterocycles. The minimum atomic E-state index is -0.491. The summed E-state index contributed by atoms with van der Waals surface area (Å²) in [6.45, 7) is -0.160. The maximum Gasteiger partial charge on any atom is 0.325 e. The smallest absolute Gasteiger partial charge is 0.325 e. The van der Waals surface area contributed by atoms with Crippen molar-refractivity contribution in [2.24, 2.45) is 0 Å². The normalized spacial score (nSPS) is 11.2. The Bertz CT molecular complexity index is 1090. The van der Waals surface area contributed by atoms with E-state index in [2.05, 4.69) is 25.2 Å². The molecule has 24 heavy (non-hydrogen) atoms. The zero-order valence-corrected chi connectivity index (χ0v) is 12.8. The number of hydrogen-bond acceptors (Lipinski definition) is 4. The summed E-state index contributed by atoms with van der Waals surface area (Å²) < 4.78 is 4.52. The zero-order valence-electron chi connectivity index (χ0n) is 12.8. The molecule has 0 spiro atoms. The zero-order chi connectivity index (χ0) is 16.7. The number of ether oxygens (including phenoxy) is 1. The fourth-order valence-electron chi connectivity index (χ4n) is 2.82. The van der Waals surface area contributed by atoms with Crippen molar-refractivity contribution in [3.63, 3.8) is 0 Å². The molecule has 0 saturated carbocycles. The van der Waals surface area contributed by atoms with Gasteiger partial charge in [0.05, 0.1) is 23.7 Å². The number of nitrogens with one attached hydrogen (secondary N) is 3. The second-order valence-corrected chi connectivity index (χ2v) is 5.44. The number of H-pyrrole nitrogens is 2. The monoisotopic (exact) mass is 322 g/mol. The van der Waals surface area contributed by atoms with Crippen LogP contribution >= 0.6 is 0 Å². The predicted octanol–water partition coefficient (Wildman–Crippen LogP) is 2.10. The van der Waals surface area contributed by atoms with Crippen molar-refractivity contribution in [2.45, 2.75) is 0 Å². The number of esters is 1. The lowest BCUT2D eigenvalue weighted by Gasteiger charge is -2.04. The van der Waals surface area contributed by atoms with Crippen molar-refractivity contribution in [3.8, 4) is 0 Å². The lowest BCUT2D eigenvalue weighted by atomic mass is 10.1. The highest BCUT2D eigenvalue weighted by Gasteiger charge is 2.13. The van der Waals surface area contributed by atoms with Crippen molar-refractivity contribution < 1.29 is 14.3 Å². The number of benzene rings is 2. The number of methoxy groups -OCH3 is 1. The molecule has 0 bridgehead atoms. The molecule has 0 radical (unpaired) electrons. The fourth-order valence-corrected chi connectivity index (χ4v) is 2.82. The van der Waals surface area contributed by atoms with Gasteiger partial charge >= 0.3 is 5.97 Å². The van der Waals surface area contributed by atoms with E-state index < -0.39 is 5.97 Å². The highest BCUT2D eigenvalue weighted by Crippen LogP contribution is 2.30. The summed E-state index contributed by atoms with van der Waals surface area (Å²) >= 11 is 0. The first-order valence-corrected chi connectivity index (χ1v) is 7.40. The highest BCUT2D eigenvalue weighted by atomic mass is 16.5. The van der Waals surface area contributed by atoms with Gasteiger partial charge in [0.1, 0.15) is 6.54 Å².